The van der Waals surface area contributed by atoms with Crippen molar-refractivity contribution in [3.8, 4) is 11.8 Å². The molecule has 1 heterocycles. The van der Waals surface area contributed by atoms with Crippen molar-refractivity contribution in [1.82, 2.24) is 9.55 Å². The fraction of sp³-hybridized carbons (Fsp3) is 0.217. The molecule has 27 heavy (non-hydrogen) atoms. The summed E-state index contributed by atoms with van der Waals surface area (Å²) in [5.41, 5.74) is 4.01. The lowest BCUT2D eigenvalue weighted by Gasteiger charge is -2.08. The first-order chi connectivity index (χ1) is 13.4. The molecule has 4 heteroatoms. The summed E-state index contributed by atoms with van der Waals surface area (Å²) < 4.78 is 1.98. The number of aromatic nitrogens is 2. The molecular formula is C23H21N3O. The van der Waals surface area contributed by atoms with Crippen LogP contribution >= 0.6 is 0 Å². The molecule has 1 fully saturated rings. The maximum atomic E-state index is 5.63. The lowest BCUT2D eigenvalue weighted by atomic mass is 10.1. The maximum Gasteiger partial charge on any atom is 0.142 e. The van der Waals surface area contributed by atoms with Crippen LogP contribution in [0.2, 0.25) is 0 Å². The first kappa shape index (κ1) is 17.1. The molecule has 134 valence electrons. The summed E-state index contributed by atoms with van der Waals surface area (Å²) in [7, 11) is 0. The molecule has 1 aromatic heterocycles. The van der Waals surface area contributed by atoms with Gasteiger partial charge in [-0.2, -0.15) is 0 Å². The zero-order chi connectivity index (χ0) is 18.3. The molecule has 2 aromatic carbocycles. The Morgan fingerprint density at radius 2 is 1.93 bits per heavy atom. The van der Waals surface area contributed by atoms with Crippen LogP contribution in [-0.2, 0) is 18.0 Å². The van der Waals surface area contributed by atoms with Crippen LogP contribution in [-0.4, -0.2) is 15.3 Å². The Kier molecular flexibility index (Phi) is 5.31. The molecule has 0 spiro atoms. The van der Waals surface area contributed by atoms with E-state index in [1.54, 1.807) is 12.5 Å². The van der Waals surface area contributed by atoms with E-state index in [0.29, 0.717) is 19.1 Å². The fourth-order valence-electron chi connectivity index (χ4n) is 2.64. The Bertz CT molecular complexity index is 944. The molecule has 1 aliphatic rings. The van der Waals surface area contributed by atoms with E-state index in [1.807, 2.05) is 53.2 Å². The van der Waals surface area contributed by atoms with Crippen LogP contribution in [0.4, 0.5) is 0 Å². The average Bonchev–Trinajstić information content (AvgIpc) is 3.41. The van der Waals surface area contributed by atoms with Crippen LogP contribution in [0.1, 0.15) is 29.5 Å². The van der Waals surface area contributed by atoms with E-state index in [-0.39, 0.29) is 0 Å². The Morgan fingerprint density at radius 1 is 1.11 bits per heavy atom. The highest BCUT2D eigenvalue weighted by Gasteiger charge is 2.17. The standard InChI is InChI=1S/C23H21N3O/c1-2-4-21(5-3-1)17-27-25-23(16-26-15-14-24-18-26)22-12-10-20(11-13-22)9-8-19-6-7-19/h1-5,10-15,18-19H,6-7,16-17H2/b25-23+. The van der Waals surface area contributed by atoms with Gasteiger partial charge < -0.3 is 9.40 Å². The fourth-order valence-corrected chi connectivity index (χ4v) is 2.64. The molecule has 0 radical (unpaired) electrons. The van der Waals surface area contributed by atoms with Crippen molar-refractivity contribution in [1.29, 1.82) is 0 Å². The van der Waals surface area contributed by atoms with Gasteiger partial charge in [-0.05, 0) is 30.5 Å². The second-order valence-electron chi connectivity index (χ2n) is 6.65. The van der Waals surface area contributed by atoms with Gasteiger partial charge >= 0.3 is 0 Å². The van der Waals surface area contributed by atoms with Gasteiger partial charge in [0.05, 0.1) is 12.9 Å². The minimum atomic E-state index is 0.444. The van der Waals surface area contributed by atoms with Crippen LogP contribution < -0.4 is 0 Å². The SMILES string of the molecule is C(#CC1CC1)c1ccc(/C(Cn2ccnc2)=N/OCc2ccccc2)cc1. The van der Waals surface area contributed by atoms with Crippen LogP contribution in [0.3, 0.4) is 0 Å². The molecule has 3 aromatic rings. The summed E-state index contributed by atoms with van der Waals surface area (Å²) in [5, 5.41) is 4.41. The van der Waals surface area contributed by atoms with Crippen LogP contribution in [0, 0.1) is 17.8 Å². The smallest absolute Gasteiger partial charge is 0.142 e. The Balaban J connectivity index is 1.50. The molecule has 0 bridgehead atoms. The molecule has 0 saturated heterocycles. The molecule has 0 unspecified atom stereocenters. The molecule has 0 N–H and O–H groups in total. The van der Waals surface area contributed by atoms with Gasteiger partial charge in [0.2, 0.25) is 0 Å². The summed E-state index contributed by atoms with van der Waals surface area (Å²) >= 11 is 0. The van der Waals surface area contributed by atoms with Gasteiger partial charge in [0, 0.05) is 29.4 Å². The highest BCUT2D eigenvalue weighted by Crippen LogP contribution is 2.27. The number of oxime groups is 1. The predicted octanol–water partition coefficient (Wildman–Crippen LogP) is 4.27. The van der Waals surface area contributed by atoms with E-state index in [4.69, 9.17) is 4.84 Å². The summed E-state index contributed by atoms with van der Waals surface area (Å²) in [6.07, 6.45) is 7.94. The van der Waals surface area contributed by atoms with E-state index in [0.717, 1.165) is 22.4 Å². The Hall–Kier alpha value is -3.32. The largest absolute Gasteiger partial charge is 0.391 e. The maximum absolute atomic E-state index is 5.63. The third-order valence-electron chi connectivity index (χ3n) is 4.36. The van der Waals surface area contributed by atoms with Gasteiger partial charge in [0.15, 0.2) is 0 Å². The van der Waals surface area contributed by atoms with Gasteiger partial charge in [-0.25, -0.2) is 4.98 Å². The molecule has 0 amide bonds. The zero-order valence-corrected chi connectivity index (χ0v) is 15.1. The van der Waals surface area contributed by atoms with Crippen LogP contribution in [0.15, 0.2) is 78.5 Å². The third-order valence-corrected chi connectivity index (χ3v) is 4.36. The first-order valence-corrected chi connectivity index (χ1v) is 9.17. The van der Waals surface area contributed by atoms with E-state index < -0.39 is 0 Å². The number of nitrogens with zero attached hydrogens (tertiary/aromatic N) is 3. The van der Waals surface area contributed by atoms with Crippen LogP contribution in [0.25, 0.3) is 0 Å². The van der Waals surface area contributed by atoms with Gasteiger partial charge in [-0.3, -0.25) is 0 Å². The average molecular weight is 355 g/mol. The Labute approximate surface area is 159 Å². The Morgan fingerprint density at radius 3 is 2.63 bits per heavy atom. The summed E-state index contributed by atoms with van der Waals surface area (Å²) in [6, 6.07) is 18.2. The molecular weight excluding hydrogens is 334 g/mol. The molecule has 4 rings (SSSR count). The van der Waals surface area contributed by atoms with E-state index in [9.17, 15) is 0 Å². The lowest BCUT2D eigenvalue weighted by Crippen LogP contribution is -2.11. The number of hydrogen-bond donors (Lipinski definition) is 0. The van der Waals surface area contributed by atoms with E-state index >= 15 is 0 Å². The number of hydrogen-bond acceptors (Lipinski definition) is 3. The van der Waals surface area contributed by atoms with Gasteiger partial charge in [0.25, 0.3) is 0 Å². The minimum absolute atomic E-state index is 0.444. The minimum Gasteiger partial charge on any atom is -0.391 e. The predicted molar refractivity (Wildman–Crippen MR) is 106 cm³/mol. The number of rotatable bonds is 6. The van der Waals surface area contributed by atoms with Crippen molar-refractivity contribution in [3.05, 3.63) is 90.0 Å². The second kappa shape index (κ2) is 8.37. The van der Waals surface area contributed by atoms with Crippen molar-refractivity contribution in [2.75, 3.05) is 0 Å². The van der Waals surface area contributed by atoms with Crippen molar-refractivity contribution >= 4 is 5.71 Å². The lowest BCUT2D eigenvalue weighted by molar-refractivity contribution is 0.130. The van der Waals surface area contributed by atoms with Gasteiger partial charge in [-0.1, -0.05) is 59.5 Å². The molecule has 0 atom stereocenters. The van der Waals surface area contributed by atoms with E-state index in [2.05, 4.69) is 34.1 Å². The summed E-state index contributed by atoms with van der Waals surface area (Å²) in [5.74, 6) is 7.15. The molecule has 4 nitrogen and oxygen atoms in total. The monoisotopic (exact) mass is 355 g/mol. The highest BCUT2D eigenvalue weighted by molar-refractivity contribution is 6.00. The summed E-state index contributed by atoms with van der Waals surface area (Å²) in [4.78, 5) is 9.74. The highest BCUT2D eigenvalue weighted by atomic mass is 16.6. The zero-order valence-electron chi connectivity index (χ0n) is 15.1. The van der Waals surface area contributed by atoms with Gasteiger partial charge in [-0.15, -0.1) is 0 Å². The van der Waals surface area contributed by atoms with Crippen molar-refractivity contribution in [2.24, 2.45) is 11.1 Å². The molecule has 1 saturated carbocycles. The number of benzene rings is 2. The van der Waals surface area contributed by atoms with Crippen LogP contribution in [0.5, 0.6) is 0 Å². The van der Waals surface area contributed by atoms with Gasteiger partial charge in [0.1, 0.15) is 12.3 Å². The molecule has 0 aliphatic heterocycles. The third kappa shape index (κ3) is 5.08. The first-order valence-electron chi connectivity index (χ1n) is 9.17. The normalized spacial score (nSPS) is 13.7. The van der Waals surface area contributed by atoms with E-state index in [1.165, 1.54) is 12.8 Å². The summed E-state index contributed by atoms with van der Waals surface area (Å²) in [6.45, 7) is 1.04. The molecule has 1 aliphatic carbocycles. The second-order valence-corrected chi connectivity index (χ2v) is 6.65. The van der Waals surface area contributed by atoms with Crippen molar-refractivity contribution < 1.29 is 4.84 Å². The van der Waals surface area contributed by atoms with Crippen molar-refractivity contribution in [2.45, 2.75) is 26.0 Å². The number of imidazole rings is 1. The topological polar surface area (TPSA) is 39.4 Å². The quantitative estimate of drug-likeness (QED) is 0.376. The van der Waals surface area contributed by atoms with Crippen molar-refractivity contribution in [3.63, 3.8) is 0 Å².